The van der Waals surface area contributed by atoms with Gasteiger partial charge in [-0.1, -0.05) is 63.4 Å². The van der Waals surface area contributed by atoms with E-state index in [-0.39, 0.29) is 0 Å². The Hall–Kier alpha value is -2.10. The van der Waals surface area contributed by atoms with Crippen molar-refractivity contribution in [1.82, 2.24) is 0 Å². The van der Waals surface area contributed by atoms with Gasteiger partial charge in [-0.25, -0.2) is 9.59 Å². The number of hydrogen-bond donors (Lipinski definition) is 0. The molecule has 0 radical (unpaired) electrons. The van der Waals surface area contributed by atoms with Gasteiger partial charge in [-0.05, 0) is 30.7 Å². The molecular formula is C21H30O4. The van der Waals surface area contributed by atoms with Gasteiger partial charge in [-0.15, -0.1) is 0 Å². The van der Waals surface area contributed by atoms with Crippen LogP contribution >= 0.6 is 0 Å². The van der Waals surface area contributed by atoms with E-state index >= 15 is 0 Å². The maximum Gasteiger partial charge on any atom is 0.331 e. The largest absolute Gasteiger partial charge is 0.463 e. The lowest BCUT2D eigenvalue weighted by Crippen LogP contribution is -2.13. The summed E-state index contributed by atoms with van der Waals surface area (Å²) in [6.45, 7) is 4.98. The highest BCUT2D eigenvalue weighted by Gasteiger charge is 2.08. The molecular weight excluding hydrogens is 316 g/mol. The Morgan fingerprint density at radius 3 is 2.32 bits per heavy atom. The minimum absolute atomic E-state index is 0.335. The Labute approximate surface area is 151 Å². The number of hydrogen-bond acceptors (Lipinski definition) is 4. The second-order valence-electron chi connectivity index (χ2n) is 6.14. The van der Waals surface area contributed by atoms with Gasteiger partial charge in [-0.2, -0.15) is 0 Å². The first-order valence-electron chi connectivity index (χ1n) is 9.21. The van der Waals surface area contributed by atoms with Crippen LogP contribution < -0.4 is 0 Å². The molecule has 25 heavy (non-hydrogen) atoms. The minimum atomic E-state index is -0.511. The Kier molecular flexibility index (Phi) is 11.1. The van der Waals surface area contributed by atoms with Crippen molar-refractivity contribution in [3.63, 3.8) is 0 Å². The Bertz CT molecular complexity index is 522. The third-order valence-electron chi connectivity index (χ3n) is 4.06. The minimum Gasteiger partial charge on any atom is -0.463 e. The first kappa shape index (κ1) is 20.9. The second-order valence-corrected chi connectivity index (χ2v) is 6.14. The fourth-order valence-corrected chi connectivity index (χ4v) is 2.42. The van der Waals surface area contributed by atoms with Gasteiger partial charge in [0.2, 0.25) is 0 Å². The van der Waals surface area contributed by atoms with Gasteiger partial charge in [-0.3, -0.25) is 0 Å². The van der Waals surface area contributed by atoms with E-state index in [1.54, 1.807) is 0 Å². The standard InChI is InChI=1S/C21H30O4/c1-3-5-10-18(4-2)17-25-21(23)15-14-20(22)24-16-9-13-19-11-7-6-8-12-19/h6-8,11-12,14-15,18H,3-5,9-10,13,16-17H2,1-2H3/b15-14+. The number of unbranched alkanes of at least 4 members (excludes halogenated alkanes) is 1. The zero-order chi connectivity index (χ0) is 18.3. The number of ether oxygens (including phenoxy) is 2. The summed E-state index contributed by atoms with van der Waals surface area (Å²) in [6, 6.07) is 10.0. The number of esters is 2. The monoisotopic (exact) mass is 346 g/mol. The summed E-state index contributed by atoms with van der Waals surface area (Å²) < 4.78 is 10.3. The lowest BCUT2D eigenvalue weighted by Gasteiger charge is -2.13. The molecule has 0 aromatic heterocycles. The topological polar surface area (TPSA) is 52.6 Å². The third kappa shape index (κ3) is 10.4. The fourth-order valence-electron chi connectivity index (χ4n) is 2.42. The smallest absolute Gasteiger partial charge is 0.331 e. The average Bonchev–Trinajstić information content (AvgIpc) is 2.64. The van der Waals surface area contributed by atoms with E-state index < -0.39 is 11.9 Å². The molecule has 1 rings (SSSR count). The lowest BCUT2D eigenvalue weighted by atomic mass is 10.0. The van der Waals surface area contributed by atoms with E-state index in [9.17, 15) is 9.59 Å². The summed E-state index contributed by atoms with van der Waals surface area (Å²) in [7, 11) is 0. The van der Waals surface area contributed by atoms with E-state index in [0.29, 0.717) is 19.1 Å². The Morgan fingerprint density at radius 1 is 1.00 bits per heavy atom. The Balaban J connectivity index is 2.16. The number of carbonyl (C=O) groups excluding carboxylic acids is 2. The molecule has 0 aliphatic rings. The average molecular weight is 346 g/mol. The van der Waals surface area contributed by atoms with Crippen LogP contribution in [0, 0.1) is 5.92 Å². The summed E-state index contributed by atoms with van der Waals surface area (Å²) in [5, 5.41) is 0. The van der Waals surface area contributed by atoms with E-state index in [1.807, 2.05) is 30.3 Å². The molecule has 4 heteroatoms. The SMILES string of the molecule is CCCCC(CC)COC(=O)/C=C/C(=O)OCCCc1ccccc1. The van der Waals surface area contributed by atoms with Crippen molar-refractivity contribution in [3.8, 4) is 0 Å². The predicted molar refractivity (Wildman–Crippen MR) is 99.1 cm³/mol. The van der Waals surface area contributed by atoms with Crippen LogP contribution in [0.15, 0.2) is 42.5 Å². The molecule has 0 bridgehead atoms. The quantitative estimate of drug-likeness (QED) is 0.318. The van der Waals surface area contributed by atoms with Crippen LogP contribution in [-0.2, 0) is 25.5 Å². The predicted octanol–water partition coefficient (Wildman–Crippen LogP) is 4.48. The fraction of sp³-hybridized carbons (Fsp3) is 0.524. The van der Waals surface area contributed by atoms with Crippen LogP contribution in [-0.4, -0.2) is 25.2 Å². The van der Waals surface area contributed by atoms with Gasteiger partial charge in [0.25, 0.3) is 0 Å². The van der Waals surface area contributed by atoms with E-state index in [0.717, 1.165) is 50.7 Å². The van der Waals surface area contributed by atoms with Gasteiger partial charge >= 0.3 is 11.9 Å². The van der Waals surface area contributed by atoms with Crippen LogP contribution in [0.3, 0.4) is 0 Å². The molecule has 0 fully saturated rings. The zero-order valence-electron chi connectivity index (χ0n) is 15.4. The molecule has 0 aliphatic heterocycles. The summed E-state index contributed by atoms with van der Waals surface area (Å²) in [4.78, 5) is 23.2. The molecule has 0 N–H and O–H groups in total. The number of rotatable bonds is 12. The first-order valence-corrected chi connectivity index (χ1v) is 9.21. The molecule has 0 spiro atoms. The van der Waals surface area contributed by atoms with Crippen LogP contribution in [0.4, 0.5) is 0 Å². The number of carbonyl (C=O) groups is 2. The highest BCUT2D eigenvalue weighted by Crippen LogP contribution is 2.12. The van der Waals surface area contributed by atoms with Crippen molar-refractivity contribution in [2.24, 2.45) is 5.92 Å². The van der Waals surface area contributed by atoms with Crippen molar-refractivity contribution in [1.29, 1.82) is 0 Å². The van der Waals surface area contributed by atoms with E-state index in [1.165, 1.54) is 5.56 Å². The molecule has 4 nitrogen and oxygen atoms in total. The second kappa shape index (κ2) is 13.2. The highest BCUT2D eigenvalue weighted by atomic mass is 16.5. The molecule has 0 saturated carbocycles. The number of aryl methyl sites for hydroxylation is 1. The molecule has 0 heterocycles. The van der Waals surface area contributed by atoms with Crippen LogP contribution in [0.25, 0.3) is 0 Å². The van der Waals surface area contributed by atoms with Crippen LogP contribution in [0.5, 0.6) is 0 Å². The molecule has 0 aliphatic carbocycles. The molecule has 1 unspecified atom stereocenters. The van der Waals surface area contributed by atoms with Crippen molar-refractivity contribution < 1.29 is 19.1 Å². The van der Waals surface area contributed by atoms with E-state index in [4.69, 9.17) is 9.47 Å². The maximum absolute atomic E-state index is 11.6. The van der Waals surface area contributed by atoms with Gasteiger partial charge in [0.15, 0.2) is 0 Å². The first-order chi connectivity index (χ1) is 12.2. The van der Waals surface area contributed by atoms with Gasteiger partial charge < -0.3 is 9.47 Å². The molecule has 0 amide bonds. The summed E-state index contributed by atoms with van der Waals surface area (Å²) in [6.07, 6.45) is 8.22. The zero-order valence-corrected chi connectivity index (χ0v) is 15.4. The molecule has 1 aromatic carbocycles. The molecule has 0 saturated heterocycles. The Morgan fingerprint density at radius 2 is 1.68 bits per heavy atom. The van der Waals surface area contributed by atoms with Crippen molar-refractivity contribution in [2.45, 2.75) is 52.4 Å². The van der Waals surface area contributed by atoms with Crippen LogP contribution in [0.2, 0.25) is 0 Å². The summed E-state index contributed by atoms with van der Waals surface area (Å²) >= 11 is 0. The van der Waals surface area contributed by atoms with Gasteiger partial charge in [0, 0.05) is 12.2 Å². The maximum atomic E-state index is 11.6. The van der Waals surface area contributed by atoms with Crippen molar-refractivity contribution in [2.75, 3.05) is 13.2 Å². The van der Waals surface area contributed by atoms with E-state index in [2.05, 4.69) is 13.8 Å². The van der Waals surface area contributed by atoms with Crippen LogP contribution in [0.1, 0.15) is 51.5 Å². The molecule has 138 valence electrons. The lowest BCUT2D eigenvalue weighted by molar-refractivity contribution is -0.141. The molecule has 1 atom stereocenters. The van der Waals surface area contributed by atoms with Crippen molar-refractivity contribution >= 4 is 11.9 Å². The summed E-state index contributed by atoms with van der Waals surface area (Å²) in [5.41, 5.74) is 1.21. The summed E-state index contributed by atoms with van der Waals surface area (Å²) in [5.74, 6) is -0.610. The number of benzene rings is 1. The van der Waals surface area contributed by atoms with Crippen molar-refractivity contribution in [3.05, 3.63) is 48.0 Å². The third-order valence-corrected chi connectivity index (χ3v) is 4.06. The normalized spacial score (nSPS) is 12.1. The van der Waals surface area contributed by atoms with Gasteiger partial charge in [0.1, 0.15) is 0 Å². The highest BCUT2D eigenvalue weighted by molar-refractivity contribution is 5.91. The molecule has 1 aromatic rings. The van der Waals surface area contributed by atoms with Gasteiger partial charge in [0.05, 0.1) is 13.2 Å².